The third-order valence-electron chi connectivity index (χ3n) is 7.06. The molecule has 0 amide bonds. The largest absolute Gasteiger partial charge is 0.300 e. The maximum atomic E-state index is 12.7. The molecule has 36 heavy (non-hydrogen) atoms. The lowest BCUT2D eigenvalue weighted by molar-refractivity contribution is -0.130. The van der Waals surface area contributed by atoms with Crippen LogP contribution < -0.4 is 0 Å². The molecule has 0 radical (unpaired) electrons. The molecule has 0 spiro atoms. The van der Waals surface area contributed by atoms with Gasteiger partial charge in [-0.25, -0.2) is 0 Å². The molecule has 0 saturated heterocycles. The van der Waals surface area contributed by atoms with Crippen LogP contribution in [0.15, 0.2) is 48.5 Å². The molecule has 0 aromatic heterocycles. The molecule has 0 aliphatic heterocycles. The second-order valence-electron chi connectivity index (χ2n) is 10.3. The number of rotatable bonds is 11. The molecule has 194 valence electrons. The van der Waals surface area contributed by atoms with E-state index in [1.54, 1.807) is 6.92 Å². The van der Waals surface area contributed by atoms with Crippen molar-refractivity contribution in [2.24, 2.45) is 17.8 Å². The van der Waals surface area contributed by atoms with Gasteiger partial charge in [-0.05, 0) is 68.6 Å². The third kappa shape index (κ3) is 8.96. The first kappa shape index (κ1) is 29.4. The van der Waals surface area contributed by atoms with Crippen LogP contribution in [-0.2, 0) is 27.2 Å². The van der Waals surface area contributed by atoms with E-state index in [2.05, 4.69) is 13.0 Å². The van der Waals surface area contributed by atoms with Crippen LogP contribution in [0.1, 0.15) is 93.3 Å². The predicted molar refractivity (Wildman–Crippen MR) is 145 cm³/mol. The summed E-state index contributed by atoms with van der Waals surface area (Å²) in [7, 11) is 0. The van der Waals surface area contributed by atoms with Gasteiger partial charge in [-0.15, -0.1) is 0 Å². The minimum atomic E-state index is -0.0622. The van der Waals surface area contributed by atoms with Crippen molar-refractivity contribution in [3.63, 3.8) is 0 Å². The van der Waals surface area contributed by atoms with Crippen LogP contribution in [0.4, 0.5) is 0 Å². The standard InChI is InChI=1S/C23H32O3.C9H10O/c1-5-8-18(20(6-2)21(25)11-16(4)24)12-17-13-19-10-7-9-15(3)23(19)22(26)14-17;1-8(10)7-9-5-3-2-4-6-9/h7,9-10,17-18,20H,5-6,8,11-14H2,1-4H3;2-6H,7H2,1H3. The molecule has 1 aliphatic carbocycles. The molecule has 0 saturated carbocycles. The molecule has 3 rings (SSSR count). The number of hydrogen-bond acceptors (Lipinski definition) is 4. The average Bonchev–Trinajstić information content (AvgIpc) is 2.80. The highest BCUT2D eigenvalue weighted by Crippen LogP contribution is 2.36. The number of ketones is 4. The molecule has 0 fully saturated rings. The van der Waals surface area contributed by atoms with E-state index in [1.165, 1.54) is 6.92 Å². The van der Waals surface area contributed by atoms with Gasteiger partial charge in [0, 0.05) is 24.3 Å². The summed E-state index contributed by atoms with van der Waals surface area (Å²) >= 11 is 0. The van der Waals surface area contributed by atoms with Gasteiger partial charge >= 0.3 is 0 Å². The molecule has 0 N–H and O–H groups in total. The summed E-state index contributed by atoms with van der Waals surface area (Å²) in [4.78, 5) is 47.2. The fourth-order valence-electron chi connectivity index (χ4n) is 5.58. The fourth-order valence-corrected chi connectivity index (χ4v) is 5.58. The van der Waals surface area contributed by atoms with Crippen LogP contribution >= 0.6 is 0 Å². The minimum Gasteiger partial charge on any atom is -0.300 e. The van der Waals surface area contributed by atoms with Crippen molar-refractivity contribution in [3.05, 3.63) is 70.8 Å². The van der Waals surface area contributed by atoms with Crippen molar-refractivity contribution in [1.29, 1.82) is 0 Å². The smallest absolute Gasteiger partial charge is 0.163 e. The number of benzene rings is 2. The van der Waals surface area contributed by atoms with Crippen LogP contribution in [0.2, 0.25) is 0 Å². The number of carbonyl (C=O) groups is 4. The number of fused-ring (bicyclic) bond motifs is 1. The molecule has 3 atom stereocenters. The number of aryl methyl sites for hydroxylation is 1. The summed E-state index contributed by atoms with van der Waals surface area (Å²) in [6.45, 7) is 9.27. The van der Waals surface area contributed by atoms with E-state index in [-0.39, 0.29) is 41.4 Å². The Kier molecular flexibility index (Phi) is 11.9. The second kappa shape index (κ2) is 14.6. The highest BCUT2D eigenvalue weighted by atomic mass is 16.1. The Morgan fingerprint density at radius 3 is 2.19 bits per heavy atom. The lowest BCUT2D eigenvalue weighted by atomic mass is 9.72. The Labute approximate surface area is 216 Å². The second-order valence-corrected chi connectivity index (χ2v) is 10.3. The normalized spacial score (nSPS) is 16.2. The first-order chi connectivity index (χ1) is 17.2. The topological polar surface area (TPSA) is 68.3 Å². The van der Waals surface area contributed by atoms with Gasteiger partial charge in [-0.3, -0.25) is 19.2 Å². The van der Waals surface area contributed by atoms with Crippen molar-refractivity contribution in [2.45, 2.75) is 86.0 Å². The van der Waals surface area contributed by atoms with E-state index in [4.69, 9.17) is 0 Å². The number of hydrogen-bond donors (Lipinski definition) is 0. The van der Waals surface area contributed by atoms with Crippen molar-refractivity contribution in [3.8, 4) is 0 Å². The zero-order valence-electron chi connectivity index (χ0n) is 22.6. The first-order valence-corrected chi connectivity index (χ1v) is 13.3. The summed E-state index contributed by atoms with van der Waals surface area (Å²) in [6.07, 6.45) is 5.77. The van der Waals surface area contributed by atoms with Gasteiger partial charge in [0.15, 0.2) is 5.78 Å². The Morgan fingerprint density at radius 1 is 0.917 bits per heavy atom. The molecule has 3 unspecified atom stereocenters. The van der Waals surface area contributed by atoms with E-state index in [0.29, 0.717) is 18.8 Å². The Balaban J connectivity index is 0.000000380. The highest BCUT2D eigenvalue weighted by molar-refractivity contribution is 6.00. The fraction of sp³-hybridized carbons (Fsp3) is 0.500. The molecule has 0 heterocycles. The lowest BCUT2D eigenvalue weighted by Gasteiger charge is -2.31. The van der Waals surface area contributed by atoms with E-state index >= 15 is 0 Å². The summed E-state index contributed by atoms with van der Waals surface area (Å²) in [5, 5.41) is 0. The number of Topliss-reactive ketones (excluding diaryl/α,β-unsaturated/α-hetero) is 4. The maximum absolute atomic E-state index is 12.7. The maximum Gasteiger partial charge on any atom is 0.163 e. The van der Waals surface area contributed by atoms with E-state index in [9.17, 15) is 19.2 Å². The van der Waals surface area contributed by atoms with Gasteiger partial charge in [0.2, 0.25) is 0 Å². The molecule has 2 aromatic carbocycles. The van der Waals surface area contributed by atoms with E-state index < -0.39 is 0 Å². The van der Waals surface area contributed by atoms with E-state index in [0.717, 1.165) is 54.4 Å². The molecular formula is C32H42O4. The molecular weight excluding hydrogens is 448 g/mol. The summed E-state index contributed by atoms with van der Waals surface area (Å²) in [5.41, 5.74) is 4.23. The summed E-state index contributed by atoms with van der Waals surface area (Å²) in [5.74, 6) is 0.984. The molecule has 1 aliphatic rings. The SMILES string of the molecule is CC(=O)Cc1ccccc1.CCCC(CC1CC(=O)c2c(C)cccc2C1)C(CC)C(=O)CC(C)=O. The van der Waals surface area contributed by atoms with Crippen molar-refractivity contribution in [1.82, 2.24) is 0 Å². The minimum absolute atomic E-state index is 0.0460. The summed E-state index contributed by atoms with van der Waals surface area (Å²) in [6, 6.07) is 15.9. The van der Waals surface area contributed by atoms with Crippen LogP contribution in [0, 0.1) is 24.7 Å². The molecule has 2 aromatic rings. The zero-order chi connectivity index (χ0) is 26.7. The molecule has 4 heteroatoms. The van der Waals surface area contributed by atoms with Crippen LogP contribution in [0.5, 0.6) is 0 Å². The predicted octanol–water partition coefficient (Wildman–Crippen LogP) is 6.94. The average molecular weight is 491 g/mol. The Morgan fingerprint density at radius 2 is 1.61 bits per heavy atom. The van der Waals surface area contributed by atoms with Crippen LogP contribution in [-0.4, -0.2) is 23.1 Å². The highest BCUT2D eigenvalue weighted by Gasteiger charge is 2.32. The van der Waals surface area contributed by atoms with Crippen LogP contribution in [0.25, 0.3) is 0 Å². The van der Waals surface area contributed by atoms with Gasteiger partial charge in [0.05, 0.1) is 6.42 Å². The Hall–Kier alpha value is -2.88. The lowest BCUT2D eigenvalue weighted by Crippen LogP contribution is -2.29. The zero-order valence-corrected chi connectivity index (χ0v) is 22.6. The van der Waals surface area contributed by atoms with Gasteiger partial charge in [-0.1, -0.05) is 75.2 Å². The van der Waals surface area contributed by atoms with Crippen molar-refractivity contribution < 1.29 is 19.2 Å². The van der Waals surface area contributed by atoms with Crippen molar-refractivity contribution in [2.75, 3.05) is 0 Å². The van der Waals surface area contributed by atoms with Gasteiger partial charge < -0.3 is 0 Å². The third-order valence-corrected chi connectivity index (χ3v) is 7.06. The summed E-state index contributed by atoms with van der Waals surface area (Å²) < 4.78 is 0. The number of carbonyl (C=O) groups excluding carboxylic acids is 4. The van der Waals surface area contributed by atoms with Crippen molar-refractivity contribution >= 4 is 23.1 Å². The Bertz CT molecular complexity index is 1040. The first-order valence-electron chi connectivity index (χ1n) is 13.3. The molecule has 0 bridgehead atoms. The van der Waals surface area contributed by atoms with E-state index in [1.807, 2.05) is 56.3 Å². The van der Waals surface area contributed by atoms with Crippen LogP contribution in [0.3, 0.4) is 0 Å². The quantitative estimate of drug-likeness (QED) is 0.320. The van der Waals surface area contributed by atoms with Gasteiger partial charge in [0.25, 0.3) is 0 Å². The van der Waals surface area contributed by atoms with Gasteiger partial charge in [0.1, 0.15) is 17.3 Å². The molecule has 4 nitrogen and oxygen atoms in total. The monoisotopic (exact) mass is 490 g/mol. The van der Waals surface area contributed by atoms with Gasteiger partial charge in [-0.2, -0.15) is 0 Å².